The molecule has 0 radical (unpaired) electrons. The molecule has 0 saturated carbocycles. The number of hydrogen-bond donors (Lipinski definition) is 1. The lowest BCUT2D eigenvalue weighted by molar-refractivity contribution is -0.0372. The number of aryl methyl sites for hydroxylation is 1. The highest BCUT2D eigenvalue weighted by Crippen LogP contribution is 2.15. The van der Waals surface area contributed by atoms with Crippen LogP contribution in [-0.4, -0.2) is 62.9 Å². The average Bonchev–Trinajstić information content (AvgIpc) is 2.93. The van der Waals surface area contributed by atoms with E-state index in [9.17, 15) is 4.79 Å². The van der Waals surface area contributed by atoms with Crippen molar-refractivity contribution in [2.75, 3.05) is 26.4 Å². The summed E-state index contributed by atoms with van der Waals surface area (Å²) in [6.07, 6.45) is 4.50. The van der Waals surface area contributed by atoms with E-state index in [1.165, 1.54) is 0 Å². The number of nitrogens with zero attached hydrogens (tertiary/aromatic N) is 4. The van der Waals surface area contributed by atoms with Crippen molar-refractivity contribution < 1.29 is 9.47 Å². The molecule has 0 spiro atoms. The van der Waals surface area contributed by atoms with E-state index in [1.807, 2.05) is 0 Å². The van der Waals surface area contributed by atoms with Gasteiger partial charge >= 0.3 is 11.7 Å². The molecule has 8 nitrogen and oxygen atoms in total. The first kappa shape index (κ1) is 18.8. The maximum absolute atomic E-state index is 12.3. The van der Waals surface area contributed by atoms with Gasteiger partial charge in [0.05, 0.1) is 26.0 Å². The number of unbranched alkanes of at least 4 members (excludes halogenated alkanes) is 1. The Morgan fingerprint density at radius 2 is 2.04 bits per heavy atom. The van der Waals surface area contributed by atoms with E-state index in [-0.39, 0.29) is 5.69 Å². The highest BCUT2D eigenvalue weighted by Gasteiger charge is 2.24. The topological polar surface area (TPSA) is 85.3 Å². The van der Waals surface area contributed by atoms with E-state index in [0.29, 0.717) is 42.4 Å². The molecule has 8 heteroatoms. The number of aromatic amines is 1. The first-order valence-electron chi connectivity index (χ1n) is 9.52. The SMILES string of the molecule is CCCCOc1ncc2[nH]c(=O)n(CCCN3C(C)COCC3C)c2n1. The van der Waals surface area contributed by atoms with E-state index in [4.69, 9.17) is 9.47 Å². The second-order valence-electron chi connectivity index (χ2n) is 7.00. The summed E-state index contributed by atoms with van der Waals surface area (Å²) in [7, 11) is 0. The minimum atomic E-state index is -0.150. The van der Waals surface area contributed by atoms with Gasteiger partial charge < -0.3 is 14.5 Å². The lowest BCUT2D eigenvalue weighted by Gasteiger charge is -2.38. The number of rotatable bonds is 8. The van der Waals surface area contributed by atoms with Crippen LogP contribution in [0.5, 0.6) is 6.01 Å². The number of hydrogen-bond acceptors (Lipinski definition) is 6. The third kappa shape index (κ3) is 4.24. The molecule has 26 heavy (non-hydrogen) atoms. The molecule has 1 fully saturated rings. The molecule has 1 aliphatic heterocycles. The Morgan fingerprint density at radius 3 is 2.77 bits per heavy atom. The fraction of sp³-hybridized carbons (Fsp3) is 0.722. The van der Waals surface area contributed by atoms with Crippen molar-refractivity contribution in [1.29, 1.82) is 0 Å². The fourth-order valence-electron chi connectivity index (χ4n) is 3.40. The van der Waals surface area contributed by atoms with Crippen LogP contribution >= 0.6 is 0 Å². The van der Waals surface area contributed by atoms with Crippen LogP contribution in [0.2, 0.25) is 0 Å². The van der Waals surface area contributed by atoms with Crippen molar-refractivity contribution >= 4 is 11.2 Å². The van der Waals surface area contributed by atoms with Gasteiger partial charge in [0.2, 0.25) is 0 Å². The lowest BCUT2D eigenvalue weighted by Crippen LogP contribution is -2.50. The highest BCUT2D eigenvalue weighted by molar-refractivity contribution is 5.69. The predicted octanol–water partition coefficient (Wildman–Crippen LogP) is 1.80. The molecule has 1 N–H and O–H groups in total. The number of imidazole rings is 1. The Kier molecular flexibility index (Phi) is 6.26. The van der Waals surface area contributed by atoms with E-state index >= 15 is 0 Å². The summed E-state index contributed by atoms with van der Waals surface area (Å²) in [5, 5.41) is 0. The van der Waals surface area contributed by atoms with Gasteiger partial charge in [0, 0.05) is 25.2 Å². The van der Waals surface area contributed by atoms with Crippen molar-refractivity contribution in [2.24, 2.45) is 0 Å². The summed E-state index contributed by atoms with van der Waals surface area (Å²) >= 11 is 0. The molecule has 144 valence electrons. The van der Waals surface area contributed by atoms with Crippen molar-refractivity contribution in [3.8, 4) is 6.01 Å². The molecule has 2 aromatic rings. The molecular weight excluding hydrogens is 334 g/mol. The van der Waals surface area contributed by atoms with Crippen molar-refractivity contribution in [3.63, 3.8) is 0 Å². The van der Waals surface area contributed by atoms with Gasteiger partial charge in [-0.2, -0.15) is 4.98 Å². The molecule has 0 amide bonds. The second-order valence-corrected chi connectivity index (χ2v) is 7.00. The molecule has 1 aliphatic rings. The number of aromatic nitrogens is 4. The molecule has 0 aromatic carbocycles. The van der Waals surface area contributed by atoms with Gasteiger partial charge in [-0.15, -0.1) is 0 Å². The van der Waals surface area contributed by atoms with Crippen molar-refractivity contribution in [1.82, 2.24) is 24.4 Å². The first-order chi connectivity index (χ1) is 12.6. The van der Waals surface area contributed by atoms with E-state index in [2.05, 4.69) is 40.6 Å². The van der Waals surface area contributed by atoms with Gasteiger partial charge in [-0.05, 0) is 26.7 Å². The Hall–Kier alpha value is -1.93. The zero-order valence-corrected chi connectivity index (χ0v) is 15.9. The fourth-order valence-corrected chi connectivity index (χ4v) is 3.40. The molecule has 2 atom stereocenters. The van der Waals surface area contributed by atoms with Gasteiger partial charge in [-0.25, -0.2) is 9.78 Å². The van der Waals surface area contributed by atoms with Crippen LogP contribution in [0, 0.1) is 0 Å². The van der Waals surface area contributed by atoms with Gasteiger partial charge in [0.1, 0.15) is 5.52 Å². The van der Waals surface area contributed by atoms with Crippen LogP contribution in [0.1, 0.15) is 40.0 Å². The minimum absolute atomic E-state index is 0.150. The quantitative estimate of drug-likeness (QED) is 0.720. The smallest absolute Gasteiger partial charge is 0.327 e. The number of nitrogens with one attached hydrogen (secondary N) is 1. The summed E-state index contributed by atoms with van der Waals surface area (Å²) < 4.78 is 12.8. The Balaban J connectivity index is 1.67. The molecular formula is C18H29N5O3. The van der Waals surface area contributed by atoms with E-state index < -0.39 is 0 Å². The molecule has 3 rings (SSSR count). The third-order valence-corrected chi connectivity index (χ3v) is 4.87. The molecule has 3 heterocycles. The zero-order valence-electron chi connectivity index (χ0n) is 15.9. The maximum atomic E-state index is 12.3. The van der Waals surface area contributed by atoms with Crippen molar-refractivity contribution in [2.45, 2.75) is 58.7 Å². The summed E-state index contributed by atoms with van der Waals surface area (Å²) in [6.45, 7) is 10.1. The van der Waals surface area contributed by atoms with Gasteiger partial charge in [-0.1, -0.05) is 13.3 Å². The van der Waals surface area contributed by atoms with Crippen LogP contribution in [0.3, 0.4) is 0 Å². The number of fused-ring (bicyclic) bond motifs is 1. The zero-order chi connectivity index (χ0) is 18.5. The summed E-state index contributed by atoms with van der Waals surface area (Å²) in [6, 6.07) is 1.13. The summed E-state index contributed by atoms with van der Waals surface area (Å²) in [4.78, 5) is 26.1. The van der Waals surface area contributed by atoms with E-state index in [1.54, 1.807) is 10.8 Å². The van der Waals surface area contributed by atoms with Crippen LogP contribution in [0.15, 0.2) is 11.0 Å². The van der Waals surface area contributed by atoms with Gasteiger partial charge in [-0.3, -0.25) is 9.47 Å². The maximum Gasteiger partial charge on any atom is 0.327 e. The highest BCUT2D eigenvalue weighted by atomic mass is 16.5. The minimum Gasteiger partial charge on any atom is -0.463 e. The first-order valence-corrected chi connectivity index (χ1v) is 9.52. The molecule has 0 aliphatic carbocycles. The molecule has 0 bridgehead atoms. The van der Waals surface area contributed by atoms with Crippen LogP contribution in [0.4, 0.5) is 0 Å². The average molecular weight is 363 g/mol. The molecule has 1 saturated heterocycles. The standard InChI is InChI=1S/C18H29N5O3/c1-4-5-9-26-17-19-10-15-16(21-17)23(18(24)20-15)8-6-7-22-13(2)11-25-12-14(22)3/h10,13-14H,4-9,11-12H2,1-3H3,(H,20,24). The molecule has 2 aromatic heterocycles. The third-order valence-electron chi connectivity index (χ3n) is 4.87. The van der Waals surface area contributed by atoms with Gasteiger partial charge in [0.15, 0.2) is 5.65 Å². The molecule has 2 unspecified atom stereocenters. The predicted molar refractivity (Wildman–Crippen MR) is 99.6 cm³/mol. The summed E-state index contributed by atoms with van der Waals surface area (Å²) in [5.74, 6) is 0. The number of morpholine rings is 1. The monoisotopic (exact) mass is 363 g/mol. The van der Waals surface area contributed by atoms with Gasteiger partial charge in [0.25, 0.3) is 0 Å². The second kappa shape index (κ2) is 8.64. The number of ether oxygens (including phenoxy) is 2. The summed E-state index contributed by atoms with van der Waals surface area (Å²) in [5.41, 5.74) is 1.11. The van der Waals surface area contributed by atoms with Crippen molar-refractivity contribution in [3.05, 3.63) is 16.7 Å². The van der Waals surface area contributed by atoms with Crippen LogP contribution in [0.25, 0.3) is 11.2 Å². The number of H-pyrrole nitrogens is 1. The van der Waals surface area contributed by atoms with E-state index in [0.717, 1.165) is 39.0 Å². The largest absolute Gasteiger partial charge is 0.463 e. The lowest BCUT2D eigenvalue weighted by atomic mass is 10.1. The Bertz CT molecular complexity index is 762. The van der Waals surface area contributed by atoms with Crippen LogP contribution < -0.4 is 10.4 Å². The Labute approximate surface area is 153 Å². The normalized spacial score (nSPS) is 21.3. The van der Waals surface area contributed by atoms with Crippen LogP contribution in [-0.2, 0) is 11.3 Å². The Morgan fingerprint density at radius 1 is 1.27 bits per heavy atom.